The fourth-order valence-corrected chi connectivity index (χ4v) is 2.37. The Balaban J connectivity index is 2.21. The van der Waals surface area contributed by atoms with Crippen molar-refractivity contribution in [2.24, 2.45) is 0 Å². The number of carbonyl (C=O) groups is 1. The number of fused-ring (bicyclic) bond motifs is 1. The first-order chi connectivity index (χ1) is 8.63. The van der Waals surface area contributed by atoms with Crippen LogP contribution in [0, 0.1) is 0 Å². The van der Waals surface area contributed by atoms with E-state index in [9.17, 15) is 4.79 Å². The van der Waals surface area contributed by atoms with Crippen molar-refractivity contribution in [3.05, 3.63) is 36.0 Å². The zero-order chi connectivity index (χ0) is 13.1. The third-order valence-corrected chi connectivity index (χ3v) is 3.30. The van der Waals surface area contributed by atoms with Crippen LogP contribution in [0.2, 0.25) is 0 Å². The fraction of sp³-hybridized carbons (Fsp3) is 0.400. The third kappa shape index (κ3) is 2.40. The molecule has 0 atom stereocenters. The molecule has 0 saturated heterocycles. The topological polar surface area (TPSA) is 36.1 Å². The Morgan fingerprint density at radius 2 is 2.06 bits per heavy atom. The number of aromatic amines is 1. The van der Waals surface area contributed by atoms with Crippen molar-refractivity contribution in [3.63, 3.8) is 0 Å². The van der Waals surface area contributed by atoms with E-state index < -0.39 is 0 Å². The largest absolute Gasteiger partial charge is 0.361 e. The maximum absolute atomic E-state index is 12.2. The van der Waals surface area contributed by atoms with Crippen molar-refractivity contribution in [2.45, 2.75) is 33.2 Å². The standard InChI is InChI=1S/C15H20N2O/c1-4-17(11(2)3)15(18)9-12-10-16-14-8-6-5-7-13(12)14/h5-8,10-11,16H,4,9H2,1-3H3. The van der Waals surface area contributed by atoms with Gasteiger partial charge in [-0.2, -0.15) is 0 Å². The number of hydrogen-bond acceptors (Lipinski definition) is 1. The average molecular weight is 244 g/mol. The van der Waals surface area contributed by atoms with E-state index in [1.807, 2.05) is 36.2 Å². The summed E-state index contributed by atoms with van der Waals surface area (Å²) in [7, 11) is 0. The molecule has 2 aromatic rings. The van der Waals surface area contributed by atoms with Crippen molar-refractivity contribution >= 4 is 16.8 Å². The predicted octanol–water partition coefficient (Wildman–Crippen LogP) is 2.97. The van der Waals surface area contributed by atoms with E-state index in [0.717, 1.165) is 23.0 Å². The molecule has 0 spiro atoms. The second-order valence-electron chi connectivity index (χ2n) is 4.81. The second-order valence-corrected chi connectivity index (χ2v) is 4.81. The molecular weight excluding hydrogens is 224 g/mol. The van der Waals surface area contributed by atoms with Gasteiger partial charge < -0.3 is 9.88 Å². The van der Waals surface area contributed by atoms with Gasteiger partial charge in [0.2, 0.25) is 5.91 Å². The molecule has 3 heteroatoms. The first kappa shape index (κ1) is 12.7. The molecule has 3 nitrogen and oxygen atoms in total. The van der Waals surface area contributed by atoms with Crippen LogP contribution in [-0.2, 0) is 11.2 Å². The minimum atomic E-state index is 0.192. The highest BCUT2D eigenvalue weighted by atomic mass is 16.2. The molecule has 1 amide bonds. The highest BCUT2D eigenvalue weighted by molar-refractivity contribution is 5.88. The van der Waals surface area contributed by atoms with Gasteiger partial charge in [0.15, 0.2) is 0 Å². The summed E-state index contributed by atoms with van der Waals surface area (Å²) >= 11 is 0. The van der Waals surface area contributed by atoms with Gasteiger partial charge in [-0.15, -0.1) is 0 Å². The predicted molar refractivity (Wildman–Crippen MR) is 74.5 cm³/mol. The first-order valence-corrected chi connectivity index (χ1v) is 6.48. The van der Waals surface area contributed by atoms with E-state index in [2.05, 4.69) is 24.9 Å². The maximum atomic E-state index is 12.2. The molecule has 1 N–H and O–H groups in total. The number of nitrogens with one attached hydrogen (secondary N) is 1. The lowest BCUT2D eigenvalue weighted by Gasteiger charge is -2.25. The number of aromatic nitrogens is 1. The van der Waals surface area contributed by atoms with Crippen LogP contribution in [0.5, 0.6) is 0 Å². The van der Waals surface area contributed by atoms with Crippen molar-refractivity contribution in [3.8, 4) is 0 Å². The van der Waals surface area contributed by atoms with Crippen LogP contribution in [0.4, 0.5) is 0 Å². The van der Waals surface area contributed by atoms with Crippen LogP contribution in [0.3, 0.4) is 0 Å². The quantitative estimate of drug-likeness (QED) is 0.882. The molecule has 1 aromatic carbocycles. The fourth-order valence-electron chi connectivity index (χ4n) is 2.37. The first-order valence-electron chi connectivity index (χ1n) is 6.48. The number of H-pyrrole nitrogens is 1. The normalized spacial score (nSPS) is 11.1. The summed E-state index contributed by atoms with van der Waals surface area (Å²) in [6, 6.07) is 8.34. The Morgan fingerprint density at radius 1 is 1.33 bits per heavy atom. The number of amides is 1. The number of para-hydroxylation sites is 1. The van der Waals surface area contributed by atoms with E-state index >= 15 is 0 Å². The number of benzene rings is 1. The lowest BCUT2D eigenvalue weighted by molar-refractivity contribution is -0.131. The molecular formula is C15H20N2O. The summed E-state index contributed by atoms with van der Waals surface area (Å²) in [4.78, 5) is 17.4. The van der Waals surface area contributed by atoms with Gasteiger partial charge in [0.1, 0.15) is 0 Å². The molecule has 2 rings (SSSR count). The second kappa shape index (κ2) is 5.25. The molecule has 1 heterocycles. The average Bonchev–Trinajstić information content (AvgIpc) is 2.73. The van der Waals surface area contributed by atoms with Crippen LogP contribution in [0.15, 0.2) is 30.5 Å². The lowest BCUT2D eigenvalue weighted by atomic mass is 10.1. The number of nitrogens with zero attached hydrogens (tertiary/aromatic N) is 1. The monoisotopic (exact) mass is 244 g/mol. The van der Waals surface area contributed by atoms with E-state index in [1.165, 1.54) is 0 Å². The molecule has 0 aliphatic carbocycles. The Kier molecular flexibility index (Phi) is 3.70. The molecule has 0 saturated carbocycles. The van der Waals surface area contributed by atoms with Gasteiger partial charge in [-0.1, -0.05) is 18.2 Å². The van der Waals surface area contributed by atoms with Crippen LogP contribution >= 0.6 is 0 Å². The summed E-state index contributed by atoms with van der Waals surface area (Å²) in [6.07, 6.45) is 2.41. The zero-order valence-electron chi connectivity index (χ0n) is 11.2. The van der Waals surface area contributed by atoms with Gasteiger partial charge in [-0.3, -0.25) is 4.79 Å². The summed E-state index contributed by atoms with van der Waals surface area (Å²) in [5, 5.41) is 1.14. The lowest BCUT2D eigenvalue weighted by Crippen LogP contribution is -2.37. The number of likely N-dealkylation sites (N-methyl/N-ethyl adjacent to an activating group) is 1. The molecule has 0 aliphatic heterocycles. The van der Waals surface area contributed by atoms with Crippen molar-refractivity contribution in [2.75, 3.05) is 6.54 Å². The highest BCUT2D eigenvalue weighted by Crippen LogP contribution is 2.19. The van der Waals surface area contributed by atoms with Crippen molar-refractivity contribution in [1.29, 1.82) is 0 Å². The molecule has 0 bridgehead atoms. The van der Waals surface area contributed by atoms with Crippen molar-refractivity contribution < 1.29 is 4.79 Å². The number of carbonyl (C=O) groups excluding carboxylic acids is 1. The van der Waals surface area contributed by atoms with Gasteiger partial charge >= 0.3 is 0 Å². The van der Waals surface area contributed by atoms with Gasteiger partial charge in [-0.25, -0.2) is 0 Å². The number of rotatable bonds is 4. The summed E-state index contributed by atoms with van der Waals surface area (Å²) in [6.45, 7) is 6.89. The SMILES string of the molecule is CCN(C(=O)Cc1c[nH]c2ccccc12)C(C)C. The Labute approximate surface area is 108 Å². The Hall–Kier alpha value is -1.77. The van der Waals surface area contributed by atoms with Gasteiger partial charge in [0, 0.05) is 29.7 Å². The molecule has 0 aliphatic rings. The minimum absolute atomic E-state index is 0.192. The minimum Gasteiger partial charge on any atom is -0.361 e. The van der Waals surface area contributed by atoms with Crippen LogP contribution < -0.4 is 0 Å². The molecule has 0 unspecified atom stereocenters. The molecule has 96 valence electrons. The van der Waals surface area contributed by atoms with E-state index in [-0.39, 0.29) is 11.9 Å². The van der Waals surface area contributed by atoms with Gasteiger partial charge in [-0.05, 0) is 32.4 Å². The van der Waals surface area contributed by atoms with Crippen LogP contribution in [0.1, 0.15) is 26.3 Å². The smallest absolute Gasteiger partial charge is 0.227 e. The van der Waals surface area contributed by atoms with E-state index in [4.69, 9.17) is 0 Å². The molecule has 18 heavy (non-hydrogen) atoms. The Bertz CT molecular complexity index is 542. The highest BCUT2D eigenvalue weighted by Gasteiger charge is 2.16. The van der Waals surface area contributed by atoms with Crippen molar-refractivity contribution in [1.82, 2.24) is 9.88 Å². The van der Waals surface area contributed by atoms with Gasteiger partial charge in [0.25, 0.3) is 0 Å². The van der Waals surface area contributed by atoms with E-state index in [1.54, 1.807) is 0 Å². The molecule has 0 radical (unpaired) electrons. The third-order valence-electron chi connectivity index (χ3n) is 3.30. The zero-order valence-corrected chi connectivity index (χ0v) is 11.2. The Morgan fingerprint density at radius 3 is 2.72 bits per heavy atom. The molecule has 0 fully saturated rings. The summed E-state index contributed by atoms with van der Waals surface area (Å²) in [5.74, 6) is 0.192. The summed E-state index contributed by atoms with van der Waals surface area (Å²) in [5.41, 5.74) is 2.17. The van der Waals surface area contributed by atoms with Crippen LogP contribution in [-0.4, -0.2) is 28.4 Å². The number of hydrogen-bond donors (Lipinski definition) is 1. The maximum Gasteiger partial charge on any atom is 0.227 e. The van der Waals surface area contributed by atoms with Crippen LogP contribution in [0.25, 0.3) is 10.9 Å². The summed E-state index contributed by atoms with van der Waals surface area (Å²) < 4.78 is 0. The van der Waals surface area contributed by atoms with Gasteiger partial charge in [0.05, 0.1) is 6.42 Å². The van der Waals surface area contributed by atoms with E-state index in [0.29, 0.717) is 6.42 Å². The molecule has 1 aromatic heterocycles.